The lowest BCUT2D eigenvalue weighted by Gasteiger charge is -2.43. The van der Waals surface area contributed by atoms with Crippen molar-refractivity contribution in [1.82, 2.24) is 0 Å². The number of alkyl halides is 3. The third-order valence-corrected chi connectivity index (χ3v) is 5.84. The predicted octanol–water partition coefficient (Wildman–Crippen LogP) is 5.06. The Bertz CT molecular complexity index is 583. The lowest BCUT2D eigenvalue weighted by Crippen LogP contribution is -2.45. The van der Waals surface area contributed by atoms with Gasteiger partial charge in [0.25, 0.3) is 0 Å². The second-order valence-electron chi connectivity index (χ2n) is 6.51. The first-order chi connectivity index (χ1) is 10.3. The highest BCUT2D eigenvalue weighted by molar-refractivity contribution is 7.15. The molecule has 22 heavy (non-hydrogen) atoms. The molecule has 0 aromatic carbocycles. The van der Waals surface area contributed by atoms with Gasteiger partial charge in [0, 0.05) is 23.0 Å². The average Bonchev–Trinajstić information content (AvgIpc) is 2.80. The number of fused-ring (bicyclic) bond motifs is 1. The second-order valence-corrected chi connectivity index (χ2v) is 7.37. The molecule has 1 unspecified atom stereocenters. The summed E-state index contributed by atoms with van der Waals surface area (Å²) in [4.78, 5) is 2.16. The lowest BCUT2D eigenvalue weighted by molar-refractivity contribution is -0.0692. The Morgan fingerprint density at radius 2 is 1.82 bits per heavy atom. The molecule has 2 N–H and O–H groups in total. The molecule has 6 heteroatoms. The molecule has 0 saturated heterocycles. The zero-order valence-electron chi connectivity index (χ0n) is 12.8. The van der Waals surface area contributed by atoms with Gasteiger partial charge in [-0.25, -0.2) is 0 Å². The van der Waals surface area contributed by atoms with Crippen molar-refractivity contribution in [2.45, 2.75) is 57.8 Å². The van der Waals surface area contributed by atoms with Crippen LogP contribution in [-0.2, 0) is 0 Å². The molecule has 122 valence electrons. The first-order valence-corrected chi connectivity index (χ1v) is 8.61. The van der Waals surface area contributed by atoms with E-state index in [1.165, 1.54) is 17.4 Å². The highest BCUT2D eigenvalue weighted by atomic mass is 32.1. The van der Waals surface area contributed by atoms with Crippen LogP contribution in [0.4, 0.5) is 23.9 Å². The number of nitrogen functional groups attached to an aromatic ring is 1. The molecule has 1 fully saturated rings. The number of nitrogens with two attached hydrogens (primary N) is 1. The normalized spacial score (nSPS) is 29.2. The minimum absolute atomic E-state index is 0.189. The number of rotatable bonds is 1. The van der Waals surface area contributed by atoms with Crippen molar-refractivity contribution in [3.8, 4) is 0 Å². The third kappa shape index (κ3) is 2.62. The fourth-order valence-corrected chi connectivity index (χ4v) is 4.81. The van der Waals surface area contributed by atoms with Gasteiger partial charge in [0.2, 0.25) is 0 Å². The van der Waals surface area contributed by atoms with Gasteiger partial charge in [-0.3, -0.25) is 0 Å². The molecule has 0 radical (unpaired) electrons. The molecule has 1 atom stereocenters. The van der Waals surface area contributed by atoms with E-state index in [-0.39, 0.29) is 17.3 Å². The third-order valence-electron chi connectivity index (χ3n) is 4.83. The van der Waals surface area contributed by atoms with Crippen LogP contribution in [0.1, 0.15) is 45.1 Å². The topological polar surface area (TPSA) is 29.3 Å². The van der Waals surface area contributed by atoms with Crippen molar-refractivity contribution >= 4 is 27.6 Å². The van der Waals surface area contributed by atoms with Crippen molar-refractivity contribution in [3.63, 3.8) is 0 Å². The second kappa shape index (κ2) is 5.48. The van der Waals surface area contributed by atoms with Gasteiger partial charge in [0.1, 0.15) is 5.00 Å². The van der Waals surface area contributed by atoms with Crippen LogP contribution in [0.3, 0.4) is 0 Å². The molecule has 0 amide bonds. The molecular formula is C16H21F3N2S. The molecule has 2 aliphatic rings. The van der Waals surface area contributed by atoms with E-state index < -0.39 is 11.7 Å². The Labute approximate surface area is 132 Å². The lowest BCUT2D eigenvalue weighted by atomic mass is 9.85. The zero-order valence-corrected chi connectivity index (χ0v) is 13.6. The van der Waals surface area contributed by atoms with Crippen LogP contribution in [0.5, 0.6) is 0 Å². The first-order valence-electron chi connectivity index (χ1n) is 7.73. The van der Waals surface area contributed by atoms with Crippen molar-refractivity contribution in [2.75, 3.05) is 10.6 Å². The molecule has 2 nitrogen and oxygen atoms in total. The van der Waals surface area contributed by atoms with Crippen LogP contribution in [0.25, 0.3) is 5.57 Å². The molecule has 1 aromatic heterocycles. The minimum atomic E-state index is -4.36. The van der Waals surface area contributed by atoms with Gasteiger partial charge in [0.05, 0.1) is 11.3 Å². The number of thiophene rings is 1. The summed E-state index contributed by atoms with van der Waals surface area (Å²) in [6.07, 6.45) is 1.34. The summed E-state index contributed by atoms with van der Waals surface area (Å²) < 4.78 is 40.0. The van der Waals surface area contributed by atoms with Crippen molar-refractivity contribution in [3.05, 3.63) is 17.0 Å². The fraction of sp³-hybridized carbons (Fsp3) is 0.625. The molecule has 0 bridgehead atoms. The number of anilines is 2. The largest absolute Gasteiger partial charge is 0.416 e. The summed E-state index contributed by atoms with van der Waals surface area (Å²) in [5.74, 6) is 0.713. The Balaban J connectivity index is 1.99. The smallest absolute Gasteiger partial charge is 0.397 e. The number of allylic oxidation sites excluding steroid dienone is 1. The number of hydrogen-bond donors (Lipinski definition) is 1. The van der Waals surface area contributed by atoms with E-state index in [1.807, 2.05) is 6.92 Å². The van der Waals surface area contributed by atoms with E-state index >= 15 is 0 Å². The summed E-state index contributed by atoms with van der Waals surface area (Å²) in [7, 11) is 0. The van der Waals surface area contributed by atoms with Crippen LogP contribution < -0.4 is 10.6 Å². The highest BCUT2D eigenvalue weighted by Gasteiger charge is 2.43. The number of halogens is 3. The number of hydrogen-bond acceptors (Lipinski definition) is 3. The van der Waals surface area contributed by atoms with Crippen LogP contribution in [0, 0.1) is 5.92 Å². The van der Waals surface area contributed by atoms with Crippen molar-refractivity contribution in [1.29, 1.82) is 0 Å². The highest BCUT2D eigenvalue weighted by Crippen LogP contribution is 2.50. The van der Waals surface area contributed by atoms with E-state index in [9.17, 15) is 13.2 Å². The van der Waals surface area contributed by atoms with Crippen LogP contribution in [-0.4, -0.2) is 18.3 Å². The quantitative estimate of drug-likeness (QED) is 0.779. The predicted molar refractivity (Wildman–Crippen MR) is 86.1 cm³/mol. The summed E-state index contributed by atoms with van der Waals surface area (Å²) in [5.41, 5.74) is 5.71. The van der Waals surface area contributed by atoms with Gasteiger partial charge >= 0.3 is 6.18 Å². The van der Waals surface area contributed by atoms with Gasteiger partial charge < -0.3 is 10.6 Å². The summed E-state index contributed by atoms with van der Waals surface area (Å²) in [6, 6.07) is 0.0645. The minimum Gasteiger partial charge on any atom is -0.397 e. The van der Waals surface area contributed by atoms with Crippen LogP contribution in [0.2, 0.25) is 0 Å². The number of nitrogens with zero attached hydrogens (tertiary/aromatic N) is 1. The van der Waals surface area contributed by atoms with Gasteiger partial charge in [-0.1, -0.05) is 6.92 Å². The Morgan fingerprint density at radius 3 is 2.41 bits per heavy atom. The summed E-state index contributed by atoms with van der Waals surface area (Å²) in [5, 5.41) is 2.33. The standard InChI is InChI=1S/C16H21F3N2S/c1-9-3-5-11(6-4-9)21-10(2)7-12(16(17,18)19)14-13(20)8-22-15(14)21/h7-11H,3-6,20H2,1-2H3. The summed E-state index contributed by atoms with van der Waals surface area (Å²) in [6.45, 7) is 4.09. The maximum Gasteiger partial charge on any atom is 0.416 e. The van der Waals surface area contributed by atoms with Crippen molar-refractivity contribution in [2.24, 2.45) is 5.92 Å². The Kier molecular flexibility index (Phi) is 3.91. The van der Waals surface area contributed by atoms with E-state index in [1.54, 1.807) is 5.38 Å². The monoisotopic (exact) mass is 330 g/mol. The first kappa shape index (κ1) is 15.7. The average molecular weight is 330 g/mol. The fourth-order valence-electron chi connectivity index (χ4n) is 3.67. The van der Waals surface area contributed by atoms with Crippen LogP contribution in [0.15, 0.2) is 11.5 Å². The molecule has 1 aliphatic carbocycles. The maximum absolute atomic E-state index is 13.3. The van der Waals surface area contributed by atoms with Gasteiger partial charge in [-0.2, -0.15) is 13.2 Å². The summed E-state index contributed by atoms with van der Waals surface area (Å²) >= 11 is 1.34. The van der Waals surface area contributed by atoms with E-state index in [2.05, 4.69) is 11.8 Å². The molecule has 3 rings (SSSR count). The molecule has 2 heterocycles. The van der Waals surface area contributed by atoms with E-state index in [4.69, 9.17) is 5.73 Å². The Hall–Kier alpha value is -1.17. The molecule has 1 aliphatic heterocycles. The van der Waals surface area contributed by atoms with E-state index in [0.717, 1.165) is 25.7 Å². The Morgan fingerprint density at radius 1 is 1.18 bits per heavy atom. The molecular weight excluding hydrogens is 309 g/mol. The van der Waals surface area contributed by atoms with Gasteiger partial charge in [-0.15, -0.1) is 11.3 Å². The van der Waals surface area contributed by atoms with Gasteiger partial charge in [0.15, 0.2) is 0 Å². The van der Waals surface area contributed by atoms with Crippen LogP contribution >= 0.6 is 11.3 Å². The van der Waals surface area contributed by atoms with Gasteiger partial charge in [-0.05, 0) is 44.6 Å². The maximum atomic E-state index is 13.3. The molecule has 0 spiro atoms. The SMILES string of the molecule is CC1CCC(N2c3scc(N)c3C(C(F)(F)F)=CC2C)CC1. The van der Waals surface area contributed by atoms with Crippen molar-refractivity contribution < 1.29 is 13.2 Å². The molecule has 1 saturated carbocycles. The molecule has 1 aromatic rings. The zero-order chi connectivity index (χ0) is 16.1. The van der Waals surface area contributed by atoms with E-state index in [0.29, 0.717) is 17.0 Å².